The number of carbonyl (C=O) groups excluding carboxylic acids is 1. The van der Waals surface area contributed by atoms with Gasteiger partial charge >= 0.3 is 0 Å². The van der Waals surface area contributed by atoms with Crippen LogP contribution in [0, 0.1) is 6.92 Å². The number of ketones is 1. The third-order valence-electron chi connectivity index (χ3n) is 4.23. The number of carbonyl (C=O) groups is 1. The molecule has 0 aliphatic heterocycles. The fourth-order valence-corrected chi connectivity index (χ4v) is 3.39. The van der Waals surface area contributed by atoms with E-state index in [1.807, 2.05) is 6.07 Å². The number of benzene rings is 3. The van der Waals surface area contributed by atoms with Crippen molar-refractivity contribution in [2.45, 2.75) is 19.8 Å². The van der Waals surface area contributed by atoms with Crippen LogP contribution in [0.15, 0.2) is 42.5 Å². The second-order valence-electron chi connectivity index (χ2n) is 5.35. The molecule has 0 N–H and O–H groups in total. The van der Waals surface area contributed by atoms with Gasteiger partial charge in [0.15, 0.2) is 5.78 Å². The summed E-state index contributed by atoms with van der Waals surface area (Å²) in [5.74, 6) is 0.296. The predicted molar refractivity (Wildman–Crippen MR) is 78.8 cm³/mol. The summed E-state index contributed by atoms with van der Waals surface area (Å²) >= 11 is 0. The van der Waals surface area contributed by atoms with E-state index in [2.05, 4.69) is 43.3 Å². The minimum absolute atomic E-state index is 0.296. The summed E-state index contributed by atoms with van der Waals surface area (Å²) in [6.45, 7) is 2.15. The molecule has 92 valence electrons. The topological polar surface area (TPSA) is 17.1 Å². The molecule has 1 nitrogen and oxygen atoms in total. The fourth-order valence-electron chi connectivity index (χ4n) is 3.39. The van der Waals surface area contributed by atoms with E-state index in [0.717, 1.165) is 12.0 Å². The third-order valence-corrected chi connectivity index (χ3v) is 4.23. The van der Waals surface area contributed by atoms with Crippen LogP contribution in [0.2, 0.25) is 0 Å². The zero-order valence-electron chi connectivity index (χ0n) is 10.9. The van der Waals surface area contributed by atoms with Crippen molar-refractivity contribution in [3.8, 4) is 0 Å². The first-order valence-electron chi connectivity index (χ1n) is 6.73. The molecule has 0 saturated carbocycles. The Labute approximate surface area is 111 Å². The van der Waals surface area contributed by atoms with Gasteiger partial charge in [-0.2, -0.15) is 0 Å². The van der Waals surface area contributed by atoms with Crippen molar-refractivity contribution in [1.29, 1.82) is 0 Å². The van der Waals surface area contributed by atoms with Crippen molar-refractivity contribution >= 4 is 27.3 Å². The van der Waals surface area contributed by atoms with Crippen LogP contribution < -0.4 is 0 Å². The minimum atomic E-state index is 0.296. The predicted octanol–water partition coefficient (Wildman–Crippen LogP) is 4.43. The molecule has 0 heterocycles. The molecule has 1 heteroatoms. The number of fused-ring (bicyclic) bond motifs is 5. The van der Waals surface area contributed by atoms with E-state index in [-0.39, 0.29) is 0 Å². The summed E-state index contributed by atoms with van der Waals surface area (Å²) in [6, 6.07) is 14.8. The number of aryl methyl sites for hydroxylation is 2. The van der Waals surface area contributed by atoms with Crippen LogP contribution in [-0.2, 0) is 6.42 Å². The quantitative estimate of drug-likeness (QED) is 0.536. The zero-order valence-corrected chi connectivity index (χ0v) is 10.9. The van der Waals surface area contributed by atoms with Crippen molar-refractivity contribution < 1.29 is 4.79 Å². The molecule has 1 aliphatic carbocycles. The molecule has 0 unspecified atom stereocenters. The molecule has 19 heavy (non-hydrogen) atoms. The minimum Gasteiger partial charge on any atom is -0.294 e. The Bertz CT molecular complexity index is 843. The van der Waals surface area contributed by atoms with Crippen LogP contribution in [0.1, 0.15) is 27.9 Å². The molecule has 0 bridgehead atoms. The highest BCUT2D eigenvalue weighted by Gasteiger charge is 2.22. The lowest BCUT2D eigenvalue weighted by molar-refractivity contribution is 0.0994. The molecule has 0 spiro atoms. The van der Waals surface area contributed by atoms with Gasteiger partial charge in [0.1, 0.15) is 0 Å². The Morgan fingerprint density at radius 3 is 2.68 bits per heavy atom. The fraction of sp³-hybridized carbons (Fsp3) is 0.167. The number of rotatable bonds is 0. The highest BCUT2D eigenvalue weighted by Crippen LogP contribution is 2.35. The highest BCUT2D eigenvalue weighted by atomic mass is 16.1. The second-order valence-corrected chi connectivity index (χ2v) is 5.35. The Hall–Kier alpha value is -2.15. The van der Waals surface area contributed by atoms with Gasteiger partial charge in [0.25, 0.3) is 0 Å². The van der Waals surface area contributed by atoms with Gasteiger partial charge in [0.2, 0.25) is 0 Å². The summed E-state index contributed by atoms with van der Waals surface area (Å²) < 4.78 is 0. The van der Waals surface area contributed by atoms with Crippen molar-refractivity contribution in [3.63, 3.8) is 0 Å². The summed E-state index contributed by atoms with van der Waals surface area (Å²) in [7, 11) is 0. The molecule has 0 aromatic heterocycles. The van der Waals surface area contributed by atoms with Crippen LogP contribution >= 0.6 is 0 Å². The SMILES string of the molecule is Cc1cc2ccccc2c2ccc3c(c12)CCC3=O. The van der Waals surface area contributed by atoms with Gasteiger partial charge in [-0.15, -0.1) is 0 Å². The molecule has 0 amide bonds. The lowest BCUT2D eigenvalue weighted by Gasteiger charge is -2.11. The van der Waals surface area contributed by atoms with Gasteiger partial charge < -0.3 is 0 Å². The number of Topliss-reactive ketones (excluding diaryl/α,β-unsaturated/α-hetero) is 1. The summed E-state index contributed by atoms with van der Waals surface area (Å²) in [5.41, 5.74) is 3.47. The van der Waals surface area contributed by atoms with Crippen LogP contribution in [0.5, 0.6) is 0 Å². The number of hydrogen-bond acceptors (Lipinski definition) is 1. The van der Waals surface area contributed by atoms with Crippen molar-refractivity contribution in [1.82, 2.24) is 0 Å². The van der Waals surface area contributed by atoms with Crippen LogP contribution in [-0.4, -0.2) is 5.78 Å². The maximum absolute atomic E-state index is 11.9. The molecule has 4 rings (SSSR count). The molecule has 0 fully saturated rings. The van der Waals surface area contributed by atoms with Gasteiger partial charge in [-0.25, -0.2) is 0 Å². The number of hydrogen-bond donors (Lipinski definition) is 0. The molecular formula is C18H14O. The lowest BCUT2D eigenvalue weighted by Crippen LogP contribution is -1.93. The van der Waals surface area contributed by atoms with E-state index in [0.29, 0.717) is 12.2 Å². The van der Waals surface area contributed by atoms with E-state index in [4.69, 9.17) is 0 Å². The van der Waals surface area contributed by atoms with E-state index in [1.165, 1.54) is 32.7 Å². The van der Waals surface area contributed by atoms with Gasteiger partial charge in [0.05, 0.1) is 0 Å². The van der Waals surface area contributed by atoms with Gasteiger partial charge in [-0.1, -0.05) is 42.5 Å². The molecular weight excluding hydrogens is 232 g/mol. The molecule has 3 aromatic rings. The third kappa shape index (κ3) is 1.39. The average Bonchev–Trinajstić information content (AvgIpc) is 2.80. The Balaban J connectivity index is 2.25. The Kier molecular flexibility index (Phi) is 2.08. The first kappa shape index (κ1) is 10.7. The average molecular weight is 246 g/mol. The van der Waals surface area contributed by atoms with Crippen molar-refractivity contribution in [3.05, 3.63) is 59.2 Å². The maximum atomic E-state index is 11.9. The summed E-state index contributed by atoms with van der Waals surface area (Å²) in [6.07, 6.45) is 1.56. The molecule has 3 aromatic carbocycles. The molecule has 0 radical (unpaired) electrons. The normalized spacial score (nSPS) is 14.3. The molecule has 0 saturated heterocycles. The van der Waals surface area contributed by atoms with Crippen LogP contribution in [0.4, 0.5) is 0 Å². The van der Waals surface area contributed by atoms with E-state index >= 15 is 0 Å². The maximum Gasteiger partial charge on any atom is 0.163 e. The van der Waals surface area contributed by atoms with E-state index in [1.54, 1.807) is 0 Å². The summed E-state index contributed by atoms with van der Waals surface area (Å²) in [5, 5.41) is 5.13. The van der Waals surface area contributed by atoms with Crippen LogP contribution in [0.25, 0.3) is 21.5 Å². The lowest BCUT2D eigenvalue weighted by atomic mass is 9.92. The Morgan fingerprint density at radius 2 is 1.79 bits per heavy atom. The van der Waals surface area contributed by atoms with Gasteiger partial charge in [-0.05, 0) is 46.0 Å². The standard InChI is InChI=1S/C18H14O/c1-11-10-12-4-2-3-5-13(12)15-7-6-14-16(18(11)15)8-9-17(14)19/h2-7,10H,8-9H2,1H3. The van der Waals surface area contributed by atoms with E-state index in [9.17, 15) is 4.79 Å². The Morgan fingerprint density at radius 1 is 0.947 bits per heavy atom. The first-order valence-corrected chi connectivity index (χ1v) is 6.73. The summed E-state index contributed by atoms with van der Waals surface area (Å²) in [4.78, 5) is 11.9. The van der Waals surface area contributed by atoms with Crippen molar-refractivity contribution in [2.24, 2.45) is 0 Å². The van der Waals surface area contributed by atoms with Gasteiger partial charge in [-0.3, -0.25) is 4.79 Å². The second kappa shape index (κ2) is 3.67. The molecule has 0 atom stereocenters. The largest absolute Gasteiger partial charge is 0.294 e. The van der Waals surface area contributed by atoms with Crippen molar-refractivity contribution in [2.75, 3.05) is 0 Å². The van der Waals surface area contributed by atoms with Crippen LogP contribution in [0.3, 0.4) is 0 Å². The zero-order chi connectivity index (χ0) is 13.0. The smallest absolute Gasteiger partial charge is 0.163 e. The first-order chi connectivity index (χ1) is 9.25. The highest BCUT2D eigenvalue weighted by molar-refractivity contribution is 6.14. The van der Waals surface area contributed by atoms with E-state index < -0.39 is 0 Å². The molecule has 1 aliphatic rings. The monoisotopic (exact) mass is 246 g/mol. The van der Waals surface area contributed by atoms with Gasteiger partial charge in [0, 0.05) is 12.0 Å².